The first-order chi connectivity index (χ1) is 14.7. The minimum absolute atomic E-state index is 0.105. The lowest BCUT2D eigenvalue weighted by Crippen LogP contribution is -2.37. The van der Waals surface area contributed by atoms with E-state index in [1.165, 1.54) is 24.8 Å². The first-order valence-electron chi connectivity index (χ1n) is 11.0. The van der Waals surface area contributed by atoms with Gasteiger partial charge < -0.3 is 0 Å². The van der Waals surface area contributed by atoms with E-state index in [0.717, 1.165) is 34.6 Å². The summed E-state index contributed by atoms with van der Waals surface area (Å²) in [6, 6.07) is 17.8. The van der Waals surface area contributed by atoms with Crippen molar-refractivity contribution in [1.29, 1.82) is 0 Å². The van der Waals surface area contributed by atoms with Crippen LogP contribution in [0.2, 0.25) is 0 Å². The number of nitrogens with zero attached hydrogens (tertiary/aromatic N) is 2. The van der Waals surface area contributed by atoms with E-state index in [9.17, 15) is 9.59 Å². The number of benzene rings is 2. The minimum atomic E-state index is -0.268. The van der Waals surface area contributed by atoms with Crippen LogP contribution < -0.4 is 11.0 Å². The number of rotatable bonds is 6. The van der Waals surface area contributed by atoms with Gasteiger partial charge in [-0.3, -0.25) is 9.59 Å². The summed E-state index contributed by atoms with van der Waals surface area (Å²) >= 11 is 0. The van der Waals surface area contributed by atoms with E-state index >= 15 is 0 Å². The van der Waals surface area contributed by atoms with Crippen molar-refractivity contribution in [3.63, 3.8) is 0 Å². The van der Waals surface area contributed by atoms with Crippen LogP contribution in [-0.4, -0.2) is 15.8 Å². The van der Waals surface area contributed by atoms with Crippen LogP contribution >= 0.6 is 0 Å². The van der Waals surface area contributed by atoms with Gasteiger partial charge in [-0.05, 0) is 61.5 Å². The Labute approximate surface area is 176 Å². The smallest absolute Gasteiger partial charge is 0.273 e. The monoisotopic (exact) mass is 401 g/mol. The van der Waals surface area contributed by atoms with Gasteiger partial charge in [-0.1, -0.05) is 55.0 Å². The van der Waals surface area contributed by atoms with Crippen LogP contribution in [0.15, 0.2) is 59.4 Å². The Morgan fingerprint density at radius 3 is 2.47 bits per heavy atom. The van der Waals surface area contributed by atoms with Gasteiger partial charge >= 0.3 is 0 Å². The molecule has 2 aromatic carbocycles. The van der Waals surface area contributed by atoms with E-state index in [4.69, 9.17) is 0 Å². The molecule has 5 rings (SSSR count). The Hall–Kier alpha value is -2.95. The second-order valence-electron chi connectivity index (χ2n) is 8.87. The van der Waals surface area contributed by atoms with E-state index in [2.05, 4.69) is 22.7 Å². The topological polar surface area (TPSA) is 64.0 Å². The second kappa shape index (κ2) is 8.05. The van der Waals surface area contributed by atoms with Gasteiger partial charge in [0.05, 0.1) is 11.1 Å². The van der Waals surface area contributed by atoms with Crippen molar-refractivity contribution in [2.45, 2.75) is 44.9 Å². The van der Waals surface area contributed by atoms with Gasteiger partial charge in [0.25, 0.3) is 5.56 Å². The van der Waals surface area contributed by atoms with Gasteiger partial charge in [-0.2, -0.15) is 5.10 Å². The van der Waals surface area contributed by atoms with Gasteiger partial charge in [-0.25, -0.2) is 5.43 Å². The van der Waals surface area contributed by atoms with Crippen LogP contribution in [0.1, 0.15) is 43.4 Å². The summed E-state index contributed by atoms with van der Waals surface area (Å²) in [4.78, 5) is 26.8. The number of hydrogen-bond donors (Lipinski definition) is 1. The van der Waals surface area contributed by atoms with Crippen LogP contribution in [0.25, 0.3) is 10.8 Å². The van der Waals surface area contributed by atoms with Crippen LogP contribution in [0.5, 0.6) is 0 Å². The van der Waals surface area contributed by atoms with Crippen molar-refractivity contribution in [3.05, 3.63) is 76.2 Å². The molecule has 0 radical (unpaired) electrons. The Morgan fingerprint density at radius 1 is 0.967 bits per heavy atom. The fraction of sp³-hybridized carbons (Fsp3) is 0.400. The zero-order chi connectivity index (χ0) is 20.5. The average molecular weight is 402 g/mol. The largest absolute Gasteiger partial charge is 0.294 e. The molecular weight excluding hydrogens is 374 g/mol. The molecule has 2 aliphatic carbocycles. The maximum Gasteiger partial charge on any atom is 0.294 e. The average Bonchev–Trinajstić information content (AvgIpc) is 3.39. The molecule has 0 aliphatic heterocycles. The molecule has 1 N–H and O–H groups in total. The summed E-state index contributed by atoms with van der Waals surface area (Å²) in [5.41, 5.74) is 4.56. The highest BCUT2D eigenvalue weighted by atomic mass is 16.2. The molecule has 0 spiro atoms. The van der Waals surface area contributed by atoms with Crippen LogP contribution in [-0.2, 0) is 17.6 Å². The summed E-state index contributed by atoms with van der Waals surface area (Å²) in [6.07, 6.45) is 7.01. The molecule has 30 heavy (non-hydrogen) atoms. The fourth-order valence-corrected chi connectivity index (χ4v) is 5.45. The molecular formula is C25H27N3O2. The molecule has 1 amide bonds. The predicted octanol–water partition coefficient (Wildman–Crippen LogP) is 4.08. The highest BCUT2D eigenvalue weighted by molar-refractivity contribution is 5.86. The first kappa shape index (κ1) is 19.0. The third-order valence-corrected chi connectivity index (χ3v) is 6.94. The molecule has 5 nitrogen and oxygen atoms in total. The molecule has 3 unspecified atom stereocenters. The number of carbonyl (C=O) groups is 1. The number of hydrogen-bond acceptors (Lipinski definition) is 3. The van der Waals surface area contributed by atoms with Crippen LogP contribution in [0.4, 0.5) is 0 Å². The van der Waals surface area contributed by atoms with Crippen molar-refractivity contribution >= 4 is 16.7 Å². The van der Waals surface area contributed by atoms with Gasteiger partial charge in [0, 0.05) is 11.8 Å². The van der Waals surface area contributed by atoms with Crippen molar-refractivity contribution in [2.24, 2.45) is 17.8 Å². The zero-order valence-electron chi connectivity index (χ0n) is 17.1. The number of aromatic nitrogens is 2. The molecule has 154 valence electrons. The molecule has 0 saturated heterocycles. The Bertz CT molecular complexity index is 1120. The summed E-state index contributed by atoms with van der Waals surface area (Å²) in [5.74, 6) is 1.84. The molecule has 2 bridgehead atoms. The number of aryl methyl sites for hydroxylation is 2. The van der Waals surface area contributed by atoms with E-state index in [1.54, 1.807) is 0 Å². The highest BCUT2D eigenvalue weighted by Crippen LogP contribution is 2.49. The molecule has 2 aliphatic rings. The van der Waals surface area contributed by atoms with Gasteiger partial charge in [0.1, 0.15) is 0 Å². The third-order valence-electron chi connectivity index (χ3n) is 6.94. The van der Waals surface area contributed by atoms with Crippen LogP contribution in [0, 0.1) is 17.8 Å². The number of fused-ring (bicyclic) bond motifs is 3. The van der Waals surface area contributed by atoms with Gasteiger partial charge in [0.2, 0.25) is 5.91 Å². The summed E-state index contributed by atoms with van der Waals surface area (Å²) in [6.45, 7) is 0. The maximum absolute atomic E-state index is 12.9. The summed E-state index contributed by atoms with van der Waals surface area (Å²) in [5, 5.41) is 6.00. The quantitative estimate of drug-likeness (QED) is 0.677. The highest BCUT2D eigenvalue weighted by Gasteiger charge is 2.40. The van der Waals surface area contributed by atoms with Crippen molar-refractivity contribution in [2.75, 3.05) is 5.43 Å². The normalized spacial score (nSPS) is 22.5. The van der Waals surface area contributed by atoms with E-state index < -0.39 is 0 Å². The standard InChI is InChI=1S/C25H27N3O2/c29-24(16-20-15-18-10-12-19(20)14-18)27-28-25(30)22-9-5-4-8-21(22)23(26-28)13-11-17-6-2-1-3-7-17/h1-9,18-20H,10-16H2,(H,27,29). The molecule has 1 heterocycles. The molecule has 3 aromatic rings. The summed E-state index contributed by atoms with van der Waals surface area (Å²) in [7, 11) is 0. The Kier molecular flexibility index (Phi) is 5.11. The SMILES string of the molecule is O=C(CC1CC2CCC1C2)Nn1nc(CCc2ccccc2)c2ccccc2c1=O. The Morgan fingerprint density at radius 2 is 1.73 bits per heavy atom. The van der Waals surface area contributed by atoms with Crippen molar-refractivity contribution < 1.29 is 4.79 Å². The third kappa shape index (κ3) is 3.76. The fourth-order valence-electron chi connectivity index (χ4n) is 5.45. The second-order valence-corrected chi connectivity index (χ2v) is 8.87. The van der Waals surface area contributed by atoms with E-state index in [-0.39, 0.29) is 11.5 Å². The zero-order valence-corrected chi connectivity index (χ0v) is 17.1. The number of amides is 1. The molecule has 1 aromatic heterocycles. The molecule has 3 atom stereocenters. The lowest BCUT2D eigenvalue weighted by Gasteiger charge is -2.21. The first-order valence-corrected chi connectivity index (χ1v) is 11.0. The number of carbonyl (C=O) groups excluding carboxylic acids is 1. The van der Waals surface area contributed by atoms with Gasteiger partial charge in [0.15, 0.2) is 0 Å². The van der Waals surface area contributed by atoms with Crippen molar-refractivity contribution in [3.8, 4) is 0 Å². The molecule has 2 saturated carbocycles. The molecule has 5 heteroatoms. The number of nitrogens with one attached hydrogen (secondary N) is 1. The Balaban J connectivity index is 1.38. The van der Waals surface area contributed by atoms with Crippen molar-refractivity contribution in [1.82, 2.24) is 9.89 Å². The minimum Gasteiger partial charge on any atom is -0.273 e. The summed E-state index contributed by atoms with van der Waals surface area (Å²) < 4.78 is 0. The van der Waals surface area contributed by atoms with E-state index in [0.29, 0.717) is 30.1 Å². The van der Waals surface area contributed by atoms with E-state index in [1.807, 2.05) is 42.5 Å². The lowest BCUT2D eigenvalue weighted by atomic mass is 9.86. The lowest BCUT2D eigenvalue weighted by molar-refractivity contribution is -0.118. The van der Waals surface area contributed by atoms with Crippen LogP contribution in [0.3, 0.4) is 0 Å². The predicted molar refractivity (Wildman–Crippen MR) is 118 cm³/mol. The molecule has 2 fully saturated rings. The maximum atomic E-state index is 12.9. The van der Waals surface area contributed by atoms with Gasteiger partial charge in [-0.15, -0.1) is 4.79 Å².